The first-order valence-corrected chi connectivity index (χ1v) is 7.58. The highest BCUT2D eigenvalue weighted by atomic mass is 32.1. The number of carboxylic acids is 1. The highest BCUT2D eigenvalue weighted by molar-refractivity contribution is 7.20. The van der Waals surface area contributed by atoms with Crippen molar-refractivity contribution in [1.29, 1.82) is 0 Å². The first kappa shape index (κ1) is 15.5. The minimum Gasteiger partial charge on any atom is -0.480 e. The number of nitrogens with one attached hydrogen (secondary N) is 1. The molecule has 1 atom stereocenters. The maximum absolute atomic E-state index is 12.2. The summed E-state index contributed by atoms with van der Waals surface area (Å²) in [6.07, 6.45) is 0.409. The van der Waals surface area contributed by atoms with E-state index < -0.39 is 12.0 Å². The largest absolute Gasteiger partial charge is 0.480 e. The standard InChI is InChI=1S/C14H19N3O3S/c1-7(2)5-10(14(19)20)15-12(18)11-6-9-8(3)16-17(4)13(9)21-11/h6-7,10H,5H2,1-4H3,(H,15,18)(H,19,20)/t10-/m1/s1. The third-order valence-electron chi connectivity index (χ3n) is 3.23. The Morgan fingerprint density at radius 2 is 2.14 bits per heavy atom. The fourth-order valence-corrected chi connectivity index (χ4v) is 3.27. The van der Waals surface area contributed by atoms with Crippen molar-refractivity contribution in [3.8, 4) is 0 Å². The molecule has 2 aromatic heterocycles. The van der Waals surface area contributed by atoms with Crippen LogP contribution in [0.3, 0.4) is 0 Å². The molecule has 0 saturated carbocycles. The molecular weight excluding hydrogens is 290 g/mol. The van der Waals surface area contributed by atoms with Crippen molar-refractivity contribution in [2.24, 2.45) is 13.0 Å². The second-order valence-electron chi connectivity index (χ2n) is 5.53. The molecule has 0 radical (unpaired) electrons. The molecule has 0 unspecified atom stereocenters. The minimum absolute atomic E-state index is 0.195. The number of amides is 1. The van der Waals surface area contributed by atoms with E-state index in [9.17, 15) is 14.7 Å². The first-order chi connectivity index (χ1) is 9.79. The van der Waals surface area contributed by atoms with E-state index in [4.69, 9.17) is 0 Å². The molecule has 2 N–H and O–H groups in total. The Morgan fingerprint density at radius 3 is 2.67 bits per heavy atom. The van der Waals surface area contributed by atoms with E-state index in [0.29, 0.717) is 11.3 Å². The Balaban J connectivity index is 2.21. The number of carboxylic acid groups (broad SMARTS) is 1. The summed E-state index contributed by atoms with van der Waals surface area (Å²) in [6, 6.07) is 0.910. The molecule has 0 saturated heterocycles. The van der Waals surface area contributed by atoms with Crippen LogP contribution in [0.1, 0.15) is 35.6 Å². The Labute approximate surface area is 126 Å². The van der Waals surface area contributed by atoms with Gasteiger partial charge in [-0.25, -0.2) is 4.79 Å². The van der Waals surface area contributed by atoms with Crippen molar-refractivity contribution in [2.75, 3.05) is 0 Å². The third-order valence-corrected chi connectivity index (χ3v) is 4.43. The first-order valence-electron chi connectivity index (χ1n) is 6.76. The van der Waals surface area contributed by atoms with E-state index in [2.05, 4.69) is 10.4 Å². The lowest BCUT2D eigenvalue weighted by Gasteiger charge is -2.15. The number of aliphatic carboxylic acids is 1. The molecule has 2 aromatic rings. The molecule has 21 heavy (non-hydrogen) atoms. The molecule has 0 aromatic carbocycles. The van der Waals surface area contributed by atoms with Crippen LogP contribution < -0.4 is 5.32 Å². The number of hydrogen-bond donors (Lipinski definition) is 2. The van der Waals surface area contributed by atoms with Gasteiger partial charge in [0, 0.05) is 12.4 Å². The third kappa shape index (κ3) is 3.24. The number of aromatic nitrogens is 2. The lowest BCUT2D eigenvalue weighted by molar-refractivity contribution is -0.139. The average molecular weight is 309 g/mol. The van der Waals surface area contributed by atoms with Gasteiger partial charge < -0.3 is 10.4 Å². The molecule has 0 aliphatic carbocycles. The molecular formula is C14H19N3O3S. The zero-order chi connectivity index (χ0) is 15.7. The van der Waals surface area contributed by atoms with Crippen molar-refractivity contribution >= 4 is 33.4 Å². The molecule has 2 heterocycles. The number of rotatable bonds is 5. The molecule has 1 amide bonds. The number of hydrogen-bond acceptors (Lipinski definition) is 4. The van der Waals surface area contributed by atoms with Gasteiger partial charge in [0.15, 0.2) is 0 Å². The van der Waals surface area contributed by atoms with Crippen LogP contribution >= 0.6 is 11.3 Å². The number of aryl methyl sites for hydroxylation is 2. The predicted molar refractivity (Wildman–Crippen MR) is 81.7 cm³/mol. The topological polar surface area (TPSA) is 84.2 Å². The van der Waals surface area contributed by atoms with Gasteiger partial charge in [-0.3, -0.25) is 9.48 Å². The normalized spacial score (nSPS) is 12.8. The predicted octanol–water partition coefficient (Wildman–Crippen LogP) is 2.17. The van der Waals surface area contributed by atoms with Crippen LogP contribution in [-0.4, -0.2) is 32.8 Å². The molecule has 0 spiro atoms. The highest BCUT2D eigenvalue weighted by Crippen LogP contribution is 2.27. The van der Waals surface area contributed by atoms with Crippen LogP contribution in [0.5, 0.6) is 0 Å². The molecule has 114 valence electrons. The lowest BCUT2D eigenvalue weighted by Crippen LogP contribution is -2.41. The molecule has 7 heteroatoms. The van der Waals surface area contributed by atoms with Gasteiger partial charge in [0.05, 0.1) is 10.6 Å². The monoisotopic (exact) mass is 309 g/mol. The maximum atomic E-state index is 12.2. The van der Waals surface area contributed by atoms with Crippen molar-refractivity contribution in [1.82, 2.24) is 15.1 Å². The number of nitrogens with zero attached hydrogens (tertiary/aromatic N) is 2. The molecule has 0 aliphatic heterocycles. The van der Waals surface area contributed by atoms with Gasteiger partial charge in [0.25, 0.3) is 5.91 Å². The quantitative estimate of drug-likeness (QED) is 0.886. The van der Waals surface area contributed by atoms with Crippen LogP contribution in [0, 0.1) is 12.8 Å². The summed E-state index contributed by atoms with van der Waals surface area (Å²) in [7, 11) is 1.83. The van der Waals surface area contributed by atoms with Crippen molar-refractivity contribution in [2.45, 2.75) is 33.2 Å². The summed E-state index contributed by atoms with van der Waals surface area (Å²) >= 11 is 1.32. The average Bonchev–Trinajstić information content (AvgIpc) is 2.91. The van der Waals surface area contributed by atoms with Crippen molar-refractivity contribution in [3.05, 3.63) is 16.6 Å². The van der Waals surface area contributed by atoms with E-state index in [1.807, 2.05) is 27.8 Å². The maximum Gasteiger partial charge on any atom is 0.326 e. The zero-order valence-corrected chi connectivity index (χ0v) is 13.3. The van der Waals surface area contributed by atoms with E-state index in [1.54, 1.807) is 10.7 Å². The van der Waals surface area contributed by atoms with Gasteiger partial charge in [0.1, 0.15) is 10.9 Å². The van der Waals surface area contributed by atoms with Gasteiger partial charge in [-0.1, -0.05) is 13.8 Å². The Hall–Kier alpha value is -1.89. The van der Waals surface area contributed by atoms with Gasteiger partial charge in [-0.2, -0.15) is 5.10 Å². The fraction of sp³-hybridized carbons (Fsp3) is 0.500. The van der Waals surface area contributed by atoms with Crippen LogP contribution in [0.2, 0.25) is 0 Å². The fourth-order valence-electron chi connectivity index (χ4n) is 2.24. The minimum atomic E-state index is -1.00. The molecule has 2 rings (SSSR count). The van der Waals surface area contributed by atoms with Gasteiger partial charge >= 0.3 is 5.97 Å². The Bertz CT molecular complexity index is 652. The van der Waals surface area contributed by atoms with E-state index in [-0.39, 0.29) is 11.8 Å². The number of thiophene rings is 1. The van der Waals surface area contributed by atoms with Gasteiger partial charge in [0.2, 0.25) is 0 Å². The van der Waals surface area contributed by atoms with Crippen LogP contribution in [0.25, 0.3) is 10.2 Å². The molecule has 6 nitrogen and oxygen atoms in total. The Morgan fingerprint density at radius 1 is 1.48 bits per heavy atom. The van der Waals surface area contributed by atoms with Crippen LogP contribution in [0.15, 0.2) is 6.07 Å². The van der Waals surface area contributed by atoms with E-state index in [1.165, 1.54) is 11.3 Å². The molecule has 0 fully saturated rings. The molecule has 0 bridgehead atoms. The van der Waals surface area contributed by atoms with Crippen LogP contribution in [0.4, 0.5) is 0 Å². The summed E-state index contributed by atoms with van der Waals surface area (Å²) in [4.78, 5) is 24.9. The molecule has 0 aliphatic rings. The number of fused-ring (bicyclic) bond motifs is 1. The van der Waals surface area contributed by atoms with Crippen LogP contribution in [-0.2, 0) is 11.8 Å². The number of carbonyl (C=O) groups excluding carboxylic acids is 1. The number of carbonyl (C=O) groups is 2. The highest BCUT2D eigenvalue weighted by Gasteiger charge is 2.23. The summed E-state index contributed by atoms with van der Waals surface area (Å²) in [5.74, 6) is -1.15. The van der Waals surface area contributed by atoms with Gasteiger partial charge in [-0.05, 0) is 25.3 Å². The summed E-state index contributed by atoms with van der Waals surface area (Å²) in [5.41, 5.74) is 0.861. The summed E-state index contributed by atoms with van der Waals surface area (Å²) in [5, 5.41) is 17.0. The smallest absolute Gasteiger partial charge is 0.326 e. The SMILES string of the molecule is Cc1nn(C)c2sc(C(=O)N[C@H](CC(C)C)C(=O)O)cc12. The van der Waals surface area contributed by atoms with Crippen molar-refractivity contribution in [3.63, 3.8) is 0 Å². The summed E-state index contributed by atoms with van der Waals surface area (Å²) < 4.78 is 1.73. The van der Waals surface area contributed by atoms with E-state index >= 15 is 0 Å². The van der Waals surface area contributed by atoms with Gasteiger partial charge in [-0.15, -0.1) is 11.3 Å². The Kier molecular flexibility index (Phi) is 4.32. The van der Waals surface area contributed by atoms with Crippen molar-refractivity contribution < 1.29 is 14.7 Å². The van der Waals surface area contributed by atoms with E-state index in [0.717, 1.165) is 15.9 Å². The lowest BCUT2D eigenvalue weighted by atomic mass is 10.0. The zero-order valence-electron chi connectivity index (χ0n) is 12.5. The summed E-state index contributed by atoms with van der Waals surface area (Å²) in [6.45, 7) is 5.74. The second kappa shape index (κ2) is 5.85. The second-order valence-corrected chi connectivity index (χ2v) is 6.56.